The molecule has 1 N–H and O–H groups in total. The predicted octanol–water partition coefficient (Wildman–Crippen LogP) is 4.18. The molecule has 2 aromatic rings. The van der Waals surface area contributed by atoms with Gasteiger partial charge in [-0.05, 0) is 54.3 Å². The molecular formula is C23H26N2O3. The van der Waals surface area contributed by atoms with Crippen LogP contribution in [0.2, 0.25) is 0 Å². The SMILES string of the molecule is CC(=O)c1ccc(NC(=O)C2CC(=O)N(c3ccc(C(C)(C)C)cc3)C2)cc1. The summed E-state index contributed by atoms with van der Waals surface area (Å²) in [5.41, 5.74) is 3.29. The van der Waals surface area contributed by atoms with Gasteiger partial charge in [-0.25, -0.2) is 0 Å². The molecule has 3 rings (SSSR count). The van der Waals surface area contributed by atoms with Crippen LogP contribution >= 0.6 is 0 Å². The molecule has 0 aliphatic carbocycles. The first-order valence-electron chi connectivity index (χ1n) is 9.48. The van der Waals surface area contributed by atoms with Crippen molar-refractivity contribution in [2.45, 2.75) is 39.5 Å². The fourth-order valence-electron chi connectivity index (χ4n) is 3.31. The van der Waals surface area contributed by atoms with E-state index in [0.29, 0.717) is 17.8 Å². The summed E-state index contributed by atoms with van der Waals surface area (Å²) >= 11 is 0. The number of nitrogens with zero attached hydrogens (tertiary/aromatic N) is 1. The fraction of sp³-hybridized carbons (Fsp3) is 0.348. The van der Waals surface area contributed by atoms with E-state index < -0.39 is 5.92 Å². The largest absolute Gasteiger partial charge is 0.326 e. The number of carbonyl (C=O) groups excluding carboxylic acids is 3. The zero-order valence-electron chi connectivity index (χ0n) is 16.8. The number of anilines is 2. The third kappa shape index (κ3) is 4.30. The normalized spacial score (nSPS) is 16.9. The van der Waals surface area contributed by atoms with E-state index in [9.17, 15) is 14.4 Å². The van der Waals surface area contributed by atoms with Crippen LogP contribution in [0.25, 0.3) is 0 Å². The Balaban J connectivity index is 1.66. The second-order valence-electron chi connectivity index (χ2n) is 8.33. The van der Waals surface area contributed by atoms with E-state index in [-0.39, 0.29) is 29.4 Å². The topological polar surface area (TPSA) is 66.5 Å². The van der Waals surface area contributed by atoms with E-state index in [4.69, 9.17) is 0 Å². The first kappa shape index (κ1) is 19.8. The molecule has 0 saturated carbocycles. The number of hydrogen-bond donors (Lipinski definition) is 1. The third-order valence-corrected chi connectivity index (χ3v) is 5.10. The van der Waals surface area contributed by atoms with Crippen molar-refractivity contribution in [1.82, 2.24) is 0 Å². The second kappa shape index (κ2) is 7.58. The van der Waals surface area contributed by atoms with Crippen molar-refractivity contribution in [1.29, 1.82) is 0 Å². The number of amides is 2. The highest BCUT2D eigenvalue weighted by molar-refractivity contribution is 6.03. The minimum absolute atomic E-state index is 0.0209. The highest BCUT2D eigenvalue weighted by Crippen LogP contribution is 2.29. The zero-order valence-corrected chi connectivity index (χ0v) is 16.8. The molecule has 0 bridgehead atoms. The molecule has 2 amide bonds. The van der Waals surface area contributed by atoms with E-state index in [0.717, 1.165) is 5.69 Å². The van der Waals surface area contributed by atoms with Gasteiger partial charge >= 0.3 is 0 Å². The molecule has 1 fully saturated rings. The molecular weight excluding hydrogens is 352 g/mol. The Morgan fingerprint density at radius 2 is 1.61 bits per heavy atom. The molecule has 1 heterocycles. The van der Waals surface area contributed by atoms with Crippen molar-refractivity contribution in [3.05, 3.63) is 59.7 Å². The number of hydrogen-bond acceptors (Lipinski definition) is 3. The van der Waals surface area contributed by atoms with Crippen LogP contribution < -0.4 is 10.2 Å². The molecule has 1 atom stereocenters. The van der Waals surface area contributed by atoms with Gasteiger partial charge in [-0.2, -0.15) is 0 Å². The van der Waals surface area contributed by atoms with Gasteiger partial charge in [-0.3, -0.25) is 14.4 Å². The second-order valence-corrected chi connectivity index (χ2v) is 8.33. The summed E-state index contributed by atoms with van der Waals surface area (Å²) in [5.74, 6) is -0.650. The number of benzene rings is 2. The Hall–Kier alpha value is -2.95. The van der Waals surface area contributed by atoms with Gasteiger partial charge in [-0.1, -0.05) is 32.9 Å². The number of nitrogens with one attached hydrogen (secondary N) is 1. The standard InChI is InChI=1S/C23H26N2O3/c1-15(26)16-5-9-19(10-6-16)24-22(28)17-13-21(27)25(14-17)20-11-7-18(8-12-20)23(2,3)4/h5-12,17H,13-14H2,1-4H3,(H,24,28). The Morgan fingerprint density at radius 3 is 2.14 bits per heavy atom. The number of carbonyl (C=O) groups is 3. The highest BCUT2D eigenvalue weighted by Gasteiger charge is 2.35. The van der Waals surface area contributed by atoms with Gasteiger partial charge in [0.25, 0.3) is 0 Å². The van der Waals surface area contributed by atoms with E-state index in [1.165, 1.54) is 12.5 Å². The van der Waals surface area contributed by atoms with E-state index in [1.54, 1.807) is 29.2 Å². The van der Waals surface area contributed by atoms with Gasteiger partial charge in [0.1, 0.15) is 0 Å². The Bertz CT molecular complexity index is 893. The maximum atomic E-state index is 12.6. The Kier molecular flexibility index (Phi) is 5.36. The molecule has 1 aliphatic heterocycles. The quantitative estimate of drug-likeness (QED) is 0.812. The molecule has 1 aliphatic rings. The first-order valence-corrected chi connectivity index (χ1v) is 9.48. The Morgan fingerprint density at radius 1 is 1.00 bits per heavy atom. The lowest BCUT2D eigenvalue weighted by Gasteiger charge is -2.21. The van der Waals surface area contributed by atoms with Gasteiger partial charge in [-0.15, -0.1) is 0 Å². The molecule has 0 radical (unpaired) electrons. The van der Waals surface area contributed by atoms with Crippen LogP contribution in [0.4, 0.5) is 11.4 Å². The van der Waals surface area contributed by atoms with E-state index in [2.05, 4.69) is 26.1 Å². The van der Waals surface area contributed by atoms with Crippen molar-refractivity contribution in [3.63, 3.8) is 0 Å². The van der Waals surface area contributed by atoms with Gasteiger partial charge in [0.05, 0.1) is 5.92 Å². The van der Waals surface area contributed by atoms with Gasteiger partial charge in [0.15, 0.2) is 5.78 Å². The van der Waals surface area contributed by atoms with Crippen molar-refractivity contribution < 1.29 is 14.4 Å². The maximum absolute atomic E-state index is 12.6. The third-order valence-electron chi connectivity index (χ3n) is 5.10. The lowest BCUT2D eigenvalue weighted by molar-refractivity contribution is -0.122. The number of Topliss-reactive ketones (excluding diaryl/α,β-unsaturated/α-hetero) is 1. The van der Waals surface area contributed by atoms with Gasteiger partial charge in [0, 0.05) is 29.9 Å². The molecule has 2 aromatic carbocycles. The summed E-state index contributed by atoms with van der Waals surface area (Å²) < 4.78 is 0. The van der Waals surface area contributed by atoms with E-state index >= 15 is 0 Å². The average Bonchev–Trinajstić information content (AvgIpc) is 3.03. The summed E-state index contributed by atoms with van der Waals surface area (Å²) in [6, 6.07) is 14.7. The molecule has 5 nitrogen and oxygen atoms in total. The lowest BCUT2D eigenvalue weighted by Crippen LogP contribution is -2.28. The molecule has 1 unspecified atom stereocenters. The summed E-state index contributed by atoms with van der Waals surface area (Å²) in [4.78, 5) is 38.1. The predicted molar refractivity (Wildman–Crippen MR) is 111 cm³/mol. The maximum Gasteiger partial charge on any atom is 0.229 e. The zero-order chi connectivity index (χ0) is 20.5. The molecule has 28 heavy (non-hydrogen) atoms. The molecule has 0 spiro atoms. The molecule has 0 aromatic heterocycles. The summed E-state index contributed by atoms with van der Waals surface area (Å²) in [6.07, 6.45) is 0.193. The number of rotatable bonds is 4. The lowest BCUT2D eigenvalue weighted by atomic mass is 9.87. The summed E-state index contributed by atoms with van der Waals surface area (Å²) in [5, 5.41) is 2.84. The Labute approximate surface area is 165 Å². The molecule has 1 saturated heterocycles. The minimum atomic E-state index is -0.401. The van der Waals surface area contributed by atoms with Crippen LogP contribution in [-0.2, 0) is 15.0 Å². The van der Waals surface area contributed by atoms with Crippen molar-refractivity contribution in [3.8, 4) is 0 Å². The van der Waals surface area contributed by atoms with Crippen LogP contribution in [0.3, 0.4) is 0 Å². The van der Waals surface area contributed by atoms with Crippen molar-refractivity contribution in [2.24, 2.45) is 5.92 Å². The smallest absolute Gasteiger partial charge is 0.229 e. The van der Waals surface area contributed by atoms with Crippen molar-refractivity contribution in [2.75, 3.05) is 16.8 Å². The van der Waals surface area contributed by atoms with Gasteiger partial charge < -0.3 is 10.2 Å². The van der Waals surface area contributed by atoms with E-state index in [1.807, 2.05) is 24.3 Å². The van der Waals surface area contributed by atoms with Crippen LogP contribution in [0, 0.1) is 5.92 Å². The van der Waals surface area contributed by atoms with Crippen LogP contribution in [0.1, 0.15) is 50.0 Å². The average molecular weight is 378 g/mol. The van der Waals surface area contributed by atoms with Gasteiger partial charge in [0.2, 0.25) is 11.8 Å². The van der Waals surface area contributed by atoms with Crippen LogP contribution in [-0.4, -0.2) is 24.1 Å². The van der Waals surface area contributed by atoms with Crippen LogP contribution in [0.5, 0.6) is 0 Å². The summed E-state index contributed by atoms with van der Waals surface area (Å²) in [6.45, 7) is 8.30. The fourth-order valence-corrected chi connectivity index (χ4v) is 3.31. The summed E-state index contributed by atoms with van der Waals surface area (Å²) in [7, 11) is 0. The number of ketones is 1. The van der Waals surface area contributed by atoms with Crippen LogP contribution in [0.15, 0.2) is 48.5 Å². The minimum Gasteiger partial charge on any atom is -0.326 e. The molecule has 5 heteroatoms. The molecule has 146 valence electrons. The van der Waals surface area contributed by atoms with Crippen molar-refractivity contribution >= 4 is 29.0 Å². The monoisotopic (exact) mass is 378 g/mol. The highest BCUT2D eigenvalue weighted by atomic mass is 16.2. The first-order chi connectivity index (χ1) is 13.1.